The van der Waals surface area contributed by atoms with Crippen LogP contribution in [0, 0.1) is 0 Å². The van der Waals surface area contributed by atoms with Gasteiger partial charge in [-0.05, 0) is 57.4 Å². The Morgan fingerprint density at radius 2 is 1.46 bits per heavy atom. The number of hydrogen-bond donors (Lipinski definition) is 0. The van der Waals surface area contributed by atoms with Crippen molar-refractivity contribution >= 4 is 17.4 Å². The predicted octanol–water partition coefficient (Wildman–Crippen LogP) is 4.85. The number of esters is 1. The molecule has 4 nitrogen and oxygen atoms in total. The van der Waals surface area contributed by atoms with E-state index in [-0.39, 0.29) is 18.0 Å². The monoisotopic (exact) mass is 377 g/mol. The van der Waals surface area contributed by atoms with Crippen LogP contribution < -0.4 is 0 Å². The molecule has 0 aromatic heterocycles. The predicted molar refractivity (Wildman–Crippen MR) is 111 cm³/mol. The molecule has 146 valence electrons. The fourth-order valence-electron chi connectivity index (χ4n) is 3.78. The minimum absolute atomic E-state index is 0.0418. The van der Waals surface area contributed by atoms with E-state index in [0.29, 0.717) is 23.3 Å². The summed E-state index contributed by atoms with van der Waals surface area (Å²) in [6, 6.07) is 16.8. The second-order valence-corrected chi connectivity index (χ2v) is 7.61. The summed E-state index contributed by atoms with van der Waals surface area (Å²) in [5.41, 5.74) is 2.96. The fourth-order valence-corrected chi connectivity index (χ4v) is 3.78. The van der Waals surface area contributed by atoms with E-state index in [1.165, 1.54) is 0 Å². The number of amides is 1. The molecule has 0 heterocycles. The maximum atomic E-state index is 13.5. The highest BCUT2D eigenvalue weighted by atomic mass is 16.5. The molecule has 1 aliphatic carbocycles. The van der Waals surface area contributed by atoms with Crippen LogP contribution in [0.5, 0.6) is 0 Å². The van der Waals surface area contributed by atoms with Gasteiger partial charge in [-0.2, -0.15) is 0 Å². The van der Waals surface area contributed by atoms with Crippen molar-refractivity contribution in [2.45, 2.75) is 52.6 Å². The summed E-state index contributed by atoms with van der Waals surface area (Å²) >= 11 is 0. The molecule has 2 aromatic carbocycles. The van der Waals surface area contributed by atoms with Gasteiger partial charge in [0.25, 0.3) is 5.91 Å². The van der Waals surface area contributed by atoms with Crippen molar-refractivity contribution in [3.05, 3.63) is 77.0 Å². The number of aryl methyl sites for hydroxylation is 1. The van der Waals surface area contributed by atoms with Crippen LogP contribution in [-0.2, 0) is 16.0 Å². The highest BCUT2D eigenvalue weighted by molar-refractivity contribution is 6.21. The second-order valence-electron chi connectivity index (χ2n) is 7.61. The average Bonchev–Trinajstić information content (AvgIpc) is 2.67. The van der Waals surface area contributed by atoms with Crippen molar-refractivity contribution in [2.24, 2.45) is 0 Å². The maximum absolute atomic E-state index is 13.5. The Hall–Kier alpha value is -2.88. The molecule has 1 amide bonds. The van der Waals surface area contributed by atoms with Gasteiger partial charge in [-0.1, -0.05) is 42.5 Å². The molecule has 0 saturated heterocycles. The number of nitrogens with zero attached hydrogens (tertiary/aromatic N) is 1. The molecule has 0 fully saturated rings. The molecule has 4 heteroatoms. The van der Waals surface area contributed by atoms with Crippen LogP contribution in [0.1, 0.15) is 55.6 Å². The van der Waals surface area contributed by atoms with E-state index in [0.717, 1.165) is 17.5 Å². The van der Waals surface area contributed by atoms with E-state index in [1.54, 1.807) is 24.3 Å². The molecule has 0 atom stereocenters. The van der Waals surface area contributed by atoms with Crippen molar-refractivity contribution in [1.82, 2.24) is 4.90 Å². The minimum atomic E-state index is -0.430. The van der Waals surface area contributed by atoms with Gasteiger partial charge < -0.3 is 9.64 Å². The maximum Gasteiger partial charge on any atom is 0.343 e. The van der Waals surface area contributed by atoms with Crippen molar-refractivity contribution in [3.8, 4) is 0 Å². The van der Waals surface area contributed by atoms with E-state index in [9.17, 15) is 9.59 Å². The molecule has 0 N–H and O–H groups in total. The van der Waals surface area contributed by atoms with Crippen LogP contribution in [0.2, 0.25) is 0 Å². The molecule has 0 unspecified atom stereocenters. The number of carbonyl (C=O) groups excluding carboxylic acids is 2. The normalized spacial score (nSPS) is 13.5. The Bertz CT molecular complexity index is 889. The van der Waals surface area contributed by atoms with Gasteiger partial charge in [0.2, 0.25) is 0 Å². The number of rotatable bonds is 5. The second kappa shape index (κ2) is 8.42. The number of allylic oxidation sites excluding steroid dienone is 1. The van der Waals surface area contributed by atoms with Crippen LogP contribution in [-0.4, -0.2) is 28.9 Å². The van der Waals surface area contributed by atoms with Crippen LogP contribution in [0.3, 0.4) is 0 Å². The van der Waals surface area contributed by atoms with E-state index in [2.05, 4.69) is 0 Å². The van der Waals surface area contributed by atoms with Crippen molar-refractivity contribution in [1.29, 1.82) is 0 Å². The van der Waals surface area contributed by atoms with Crippen LogP contribution in [0.15, 0.2) is 60.4 Å². The fraction of sp³-hybridized carbons (Fsp3) is 0.333. The standard InChI is InChI=1S/C24H27NO3/c1-16(2)25(17(3)4)23(26)22-20-13-9-8-10-18(20)14-15-21(22)28-24(27)19-11-6-5-7-12-19/h5-13,16-17H,14-15H2,1-4H3. The summed E-state index contributed by atoms with van der Waals surface area (Å²) in [6.07, 6.45) is 1.27. The zero-order valence-electron chi connectivity index (χ0n) is 16.9. The topological polar surface area (TPSA) is 46.6 Å². The van der Waals surface area contributed by atoms with Gasteiger partial charge in [0.05, 0.1) is 11.1 Å². The van der Waals surface area contributed by atoms with Crippen LogP contribution in [0.4, 0.5) is 0 Å². The minimum Gasteiger partial charge on any atom is -0.427 e. The number of ether oxygens (including phenoxy) is 1. The molecule has 0 saturated carbocycles. The van der Waals surface area contributed by atoms with Gasteiger partial charge in [-0.25, -0.2) is 4.79 Å². The van der Waals surface area contributed by atoms with Crippen LogP contribution in [0.25, 0.3) is 5.57 Å². The number of hydrogen-bond acceptors (Lipinski definition) is 3. The lowest BCUT2D eigenvalue weighted by Gasteiger charge is -2.33. The van der Waals surface area contributed by atoms with Gasteiger partial charge in [0.1, 0.15) is 5.76 Å². The van der Waals surface area contributed by atoms with E-state index in [1.807, 2.05) is 62.9 Å². The summed E-state index contributed by atoms with van der Waals surface area (Å²) in [5.74, 6) is -0.0576. The van der Waals surface area contributed by atoms with E-state index < -0.39 is 5.97 Å². The summed E-state index contributed by atoms with van der Waals surface area (Å²) in [4.78, 5) is 28.0. The number of fused-ring (bicyclic) bond motifs is 1. The smallest absolute Gasteiger partial charge is 0.343 e. The lowest BCUT2D eigenvalue weighted by Crippen LogP contribution is -2.43. The summed E-state index contributed by atoms with van der Waals surface area (Å²) < 4.78 is 5.77. The van der Waals surface area contributed by atoms with Crippen LogP contribution >= 0.6 is 0 Å². The molecule has 2 aromatic rings. The first-order valence-electron chi connectivity index (χ1n) is 9.81. The molecule has 28 heavy (non-hydrogen) atoms. The Balaban J connectivity index is 2.06. The molecular formula is C24H27NO3. The zero-order chi connectivity index (χ0) is 20.3. The highest BCUT2D eigenvalue weighted by Gasteiger charge is 2.32. The lowest BCUT2D eigenvalue weighted by molar-refractivity contribution is -0.128. The number of benzene rings is 2. The summed E-state index contributed by atoms with van der Waals surface area (Å²) in [6.45, 7) is 8.01. The molecule has 0 aliphatic heterocycles. The van der Waals surface area contributed by atoms with E-state index in [4.69, 9.17) is 4.74 Å². The van der Waals surface area contributed by atoms with Crippen molar-refractivity contribution in [2.75, 3.05) is 0 Å². The Morgan fingerprint density at radius 1 is 0.857 bits per heavy atom. The van der Waals surface area contributed by atoms with Gasteiger partial charge >= 0.3 is 5.97 Å². The third-order valence-corrected chi connectivity index (χ3v) is 4.97. The molecule has 0 spiro atoms. The largest absolute Gasteiger partial charge is 0.427 e. The lowest BCUT2D eigenvalue weighted by atomic mass is 9.88. The zero-order valence-corrected chi connectivity index (χ0v) is 16.9. The van der Waals surface area contributed by atoms with Gasteiger partial charge in [-0.15, -0.1) is 0 Å². The Kier molecular flexibility index (Phi) is 5.98. The molecule has 0 bridgehead atoms. The highest BCUT2D eigenvalue weighted by Crippen LogP contribution is 2.34. The van der Waals surface area contributed by atoms with Crippen molar-refractivity contribution < 1.29 is 14.3 Å². The molecular weight excluding hydrogens is 350 g/mol. The first-order valence-corrected chi connectivity index (χ1v) is 9.81. The summed E-state index contributed by atoms with van der Waals surface area (Å²) in [5, 5.41) is 0. The molecule has 0 radical (unpaired) electrons. The van der Waals surface area contributed by atoms with Crippen molar-refractivity contribution in [3.63, 3.8) is 0 Å². The quantitative estimate of drug-likeness (QED) is 0.700. The molecule has 3 rings (SSSR count). The van der Waals surface area contributed by atoms with Gasteiger partial charge in [0.15, 0.2) is 0 Å². The third kappa shape index (κ3) is 4.01. The first kappa shape index (κ1) is 19.9. The molecule has 1 aliphatic rings. The van der Waals surface area contributed by atoms with E-state index >= 15 is 0 Å². The number of carbonyl (C=O) groups is 2. The third-order valence-electron chi connectivity index (χ3n) is 4.97. The Morgan fingerprint density at radius 3 is 2.11 bits per heavy atom. The summed E-state index contributed by atoms with van der Waals surface area (Å²) in [7, 11) is 0. The SMILES string of the molecule is CC(C)N(C(=O)C1=C(OC(=O)c2ccccc2)CCc2ccccc21)C(C)C. The first-order chi connectivity index (χ1) is 13.4. The Labute approximate surface area is 166 Å². The van der Waals surface area contributed by atoms with Gasteiger partial charge in [0, 0.05) is 18.5 Å². The average molecular weight is 377 g/mol. The van der Waals surface area contributed by atoms with Gasteiger partial charge in [-0.3, -0.25) is 4.79 Å².